The second kappa shape index (κ2) is 8.03. The normalized spacial score (nSPS) is 16.2. The van der Waals surface area contributed by atoms with Crippen molar-refractivity contribution in [2.75, 3.05) is 40.0 Å². The number of nitrogens with zero attached hydrogens (tertiary/aromatic N) is 1. The van der Waals surface area contributed by atoms with Crippen molar-refractivity contribution in [3.05, 3.63) is 0 Å². The molecule has 3 amide bonds. The van der Waals surface area contributed by atoms with Crippen LogP contribution in [0.25, 0.3) is 0 Å². The van der Waals surface area contributed by atoms with Crippen LogP contribution in [-0.2, 0) is 14.3 Å². The molecule has 0 atom stereocenters. The molecule has 6 heteroatoms. The molecule has 0 aromatic rings. The van der Waals surface area contributed by atoms with Crippen LogP contribution in [0, 0.1) is 0 Å². The first kappa shape index (κ1) is 13.9. The maximum absolute atomic E-state index is 11.4. The Morgan fingerprint density at radius 3 is 2.76 bits per heavy atom. The number of carbonyl (C=O) groups is 2. The first-order valence-electron chi connectivity index (χ1n) is 5.89. The number of rotatable bonds is 8. The molecule has 1 aliphatic heterocycles. The van der Waals surface area contributed by atoms with Crippen molar-refractivity contribution in [2.45, 2.75) is 19.3 Å². The summed E-state index contributed by atoms with van der Waals surface area (Å²) in [4.78, 5) is 23.9. The first-order valence-corrected chi connectivity index (χ1v) is 5.89. The standard InChI is InChI=1S/C11H20N2O4/c1-16-8-9-17-7-3-2-5-13-6-4-10(14)12-11(13)15/h2-9H2,1H3,(H,12,14,15). The van der Waals surface area contributed by atoms with Crippen LogP contribution in [0.15, 0.2) is 0 Å². The fourth-order valence-corrected chi connectivity index (χ4v) is 1.56. The van der Waals surface area contributed by atoms with Crippen LogP contribution >= 0.6 is 0 Å². The Morgan fingerprint density at radius 2 is 2.06 bits per heavy atom. The van der Waals surface area contributed by atoms with Crippen LogP contribution in [0.5, 0.6) is 0 Å². The Bertz CT molecular complexity index is 258. The number of methoxy groups -OCH3 is 1. The largest absolute Gasteiger partial charge is 0.382 e. The van der Waals surface area contributed by atoms with Gasteiger partial charge in [0, 0.05) is 33.2 Å². The van der Waals surface area contributed by atoms with E-state index in [4.69, 9.17) is 9.47 Å². The number of ether oxygens (including phenoxy) is 2. The molecular weight excluding hydrogens is 224 g/mol. The van der Waals surface area contributed by atoms with Gasteiger partial charge in [0.2, 0.25) is 5.91 Å². The molecule has 1 N–H and O–H groups in total. The van der Waals surface area contributed by atoms with Crippen LogP contribution in [0.3, 0.4) is 0 Å². The molecule has 1 heterocycles. The van der Waals surface area contributed by atoms with Crippen molar-refractivity contribution >= 4 is 11.9 Å². The fraction of sp³-hybridized carbons (Fsp3) is 0.818. The minimum Gasteiger partial charge on any atom is -0.382 e. The fourth-order valence-electron chi connectivity index (χ4n) is 1.56. The van der Waals surface area contributed by atoms with E-state index in [1.165, 1.54) is 0 Å². The van der Waals surface area contributed by atoms with Gasteiger partial charge < -0.3 is 14.4 Å². The van der Waals surface area contributed by atoms with E-state index < -0.39 is 0 Å². The van der Waals surface area contributed by atoms with Gasteiger partial charge in [0.25, 0.3) is 0 Å². The summed E-state index contributed by atoms with van der Waals surface area (Å²) in [5.74, 6) is -0.186. The lowest BCUT2D eigenvalue weighted by Crippen LogP contribution is -2.49. The third-order valence-electron chi connectivity index (χ3n) is 2.54. The van der Waals surface area contributed by atoms with E-state index in [-0.39, 0.29) is 11.9 Å². The average molecular weight is 244 g/mol. The molecule has 0 aromatic carbocycles. The maximum Gasteiger partial charge on any atom is 0.324 e. The number of amides is 3. The summed E-state index contributed by atoms with van der Waals surface area (Å²) in [5.41, 5.74) is 0. The summed E-state index contributed by atoms with van der Waals surface area (Å²) in [7, 11) is 1.64. The molecule has 98 valence electrons. The van der Waals surface area contributed by atoms with Gasteiger partial charge in [-0.15, -0.1) is 0 Å². The molecule has 0 spiro atoms. The Labute approximate surface area is 101 Å². The van der Waals surface area contributed by atoms with E-state index in [0.29, 0.717) is 39.3 Å². The average Bonchev–Trinajstić information content (AvgIpc) is 2.30. The highest BCUT2D eigenvalue weighted by molar-refractivity contribution is 5.96. The highest BCUT2D eigenvalue weighted by Crippen LogP contribution is 2.03. The van der Waals surface area contributed by atoms with E-state index in [0.717, 1.165) is 12.8 Å². The summed E-state index contributed by atoms with van der Waals surface area (Å²) in [6, 6.07) is -0.276. The van der Waals surface area contributed by atoms with Crippen LogP contribution in [0.4, 0.5) is 4.79 Å². The van der Waals surface area contributed by atoms with Gasteiger partial charge in [0.15, 0.2) is 0 Å². The van der Waals surface area contributed by atoms with Crippen molar-refractivity contribution in [3.8, 4) is 0 Å². The number of hydrogen-bond acceptors (Lipinski definition) is 4. The molecule has 0 aromatic heterocycles. The minimum absolute atomic E-state index is 0.186. The van der Waals surface area contributed by atoms with E-state index >= 15 is 0 Å². The zero-order valence-corrected chi connectivity index (χ0v) is 10.2. The van der Waals surface area contributed by atoms with Gasteiger partial charge in [-0.1, -0.05) is 0 Å². The molecular formula is C11H20N2O4. The third kappa shape index (κ3) is 5.65. The predicted molar refractivity (Wildman–Crippen MR) is 61.7 cm³/mol. The SMILES string of the molecule is COCCOCCCCN1CCC(=O)NC1=O. The Kier molecular flexibility index (Phi) is 6.57. The highest BCUT2D eigenvalue weighted by Gasteiger charge is 2.21. The second-order valence-electron chi connectivity index (χ2n) is 3.90. The van der Waals surface area contributed by atoms with Crippen molar-refractivity contribution in [3.63, 3.8) is 0 Å². The summed E-state index contributed by atoms with van der Waals surface area (Å²) in [6.45, 7) is 3.09. The number of imide groups is 1. The Balaban J connectivity index is 1.99. The van der Waals surface area contributed by atoms with Crippen molar-refractivity contribution in [1.29, 1.82) is 0 Å². The molecule has 1 aliphatic rings. The first-order chi connectivity index (χ1) is 8.24. The van der Waals surface area contributed by atoms with E-state index in [1.807, 2.05) is 0 Å². The number of hydrogen-bond donors (Lipinski definition) is 1. The molecule has 0 bridgehead atoms. The van der Waals surface area contributed by atoms with Crippen LogP contribution in [0.2, 0.25) is 0 Å². The van der Waals surface area contributed by atoms with Gasteiger partial charge in [-0.05, 0) is 12.8 Å². The highest BCUT2D eigenvalue weighted by atomic mass is 16.5. The van der Waals surface area contributed by atoms with Crippen molar-refractivity contribution in [1.82, 2.24) is 10.2 Å². The molecule has 6 nitrogen and oxygen atoms in total. The predicted octanol–water partition coefficient (Wildman–Crippen LogP) is 0.371. The molecule has 17 heavy (non-hydrogen) atoms. The molecule has 0 radical (unpaired) electrons. The lowest BCUT2D eigenvalue weighted by atomic mass is 10.2. The van der Waals surface area contributed by atoms with E-state index in [2.05, 4.69) is 5.32 Å². The summed E-state index contributed by atoms with van der Waals surface area (Å²) in [5, 5.41) is 2.30. The molecule has 1 fully saturated rings. The van der Waals surface area contributed by atoms with Gasteiger partial charge in [0.05, 0.1) is 13.2 Å². The molecule has 0 unspecified atom stereocenters. The Hall–Kier alpha value is -1.14. The van der Waals surface area contributed by atoms with Crippen molar-refractivity contribution in [2.24, 2.45) is 0 Å². The zero-order valence-electron chi connectivity index (χ0n) is 10.2. The summed E-state index contributed by atoms with van der Waals surface area (Å²) >= 11 is 0. The monoisotopic (exact) mass is 244 g/mol. The Morgan fingerprint density at radius 1 is 1.24 bits per heavy atom. The van der Waals surface area contributed by atoms with E-state index in [1.54, 1.807) is 12.0 Å². The van der Waals surface area contributed by atoms with Crippen molar-refractivity contribution < 1.29 is 19.1 Å². The molecule has 1 rings (SSSR count). The summed E-state index contributed by atoms with van der Waals surface area (Å²) in [6.07, 6.45) is 2.19. The van der Waals surface area contributed by atoms with Gasteiger partial charge >= 0.3 is 6.03 Å². The molecule has 0 aliphatic carbocycles. The maximum atomic E-state index is 11.4. The smallest absolute Gasteiger partial charge is 0.324 e. The number of urea groups is 1. The topological polar surface area (TPSA) is 67.9 Å². The van der Waals surface area contributed by atoms with Crippen LogP contribution in [-0.4, -0.2) is 56.9 Å². The van der Waals surface area contributed by atoms with Crippen LogP contribution in [0.1, 0.15) is 19.3 Å². The van der Waals surface area contributed by atoms with Gasteiger partial charge in [-0.3, -0.25) is 10.1 Å². The second-order valence-corrected chi connectivity index (χ2v) is 3.90. The van der Waals surface area contributed by atoms with Gasteiger partial charge in [0.1, 0.15) is 0 Å². The molecule has 0 saturated carbocycles. The molecule has 1 saturated heterocycles. The summed E-state index contributed by atoms with van der Waals surface area (Å²) < 4.78 is 10.2. The van der Waals surface area contributed by atoms with Gasteiger partial charge in [-0.2, -0.15) is 0 Å². The number of nitrogens with one attached hydrogen (secondary N) is 1. The third-order valence-corrected chi connectivity index (χ3v) is 2.54. The number of carbonyl (C=O) groups excluding carboxylic acids is 2. The number of unbranched alkanes of at least 4 members (excludes halogenated alkanes) is 1. The van der Waals surface area contributed by atoms with Gasteiger partial charge in [-0.25, -0.2) is 4.79 Å². The zero-order chi connectivity index (χ0) is 12.5. The lowest BCUT2D eigenvalue weighted by Gasteiger charge is -2.26. The quantitative estimate of drug-likeness (QED) is 0.626. The lowest BCUT2D eigenvalue weighted by molar-refractivity contribution is -0.121. The van der Waals surface area contributed by atoms with E-state index in [9.17, 15) is 9.59 Å². The minimum atomic E-state index is -0.276. The van der Waals surface area contributed by atoms with Crippen LogP contribution < -0.4 is 5.32 Å².